The number of carbonyl (C=O) groups excluding carboxylic acids is 1. The van der Waals surface area contributed by atoms with Crippen LogP contribution in [0.1, 0.15) is 17.7 Å². The third-order valence-electron chi connectivity index (χ3n) is 3.67. The Kier molecular flexibility index (Phi) is 5.79. The van der Waals surface area contributed by atoms with Gasteiger partial charge < -0.3 is 10.3 Å². The highest BCUT2D eigenvalue weighted by Gasteiger charge is 2.12. The second-order valence-electron chi connectivity index (χ2n) is 5.44. The van der Waals surface area contributed by atoms with E-state index in [-0.39, 0.29) is 17.9 Å². The molecule has 9 heteroatoms. The van der Waals surface area contributed by atoms with Crippen LogP contribution in [-0.2, 0) is 11.2 Å². The largest absolute Gasteiger partial charge is 0.302 e. The molecule has 3 heterocycles. The van der Waals surface area contributed by atoms with Gasteiger partial charge in [0.2, 0.25) is 5.91 Å². The molecule has 0 spiro atoms. The van der Waals surface area contributed by atoms with Crippen molar-refractivity contribution in [2.45, 2.75) is 24.9 Å². The summed E-state index contributed by atoms with van der Waals surface area (Å²) in [6.45, 7) is 1.78. The van der Waals surface area contributed by atoms with E-state index < -0.39 is 0 Å². The molecule has 0 aliphatic rings. The van der Waals surface area contributed by atoms with Crippen molar-refractivity contribution in [3.05, 3.63) is 51.4 Å². The van der Waals surface area contributed by atoms with Crippen molar-refractivity contribution < 1.29 is 4.79 Å². The molecule has 0 aliphatic heterocycles. The average molecular weight is 387 g/mol. The number of anilines is 1. The predicted octanol–water partition coefficient (Wildman–Crippen LogP) is 2.89. The van der Waals surface area contributed by atoms with E-state index in [4.69, 9.17) is 0 Å². The Labute approximate surface area is 158 Å². The Morgan fingerprint density at radius 3 is 2.85 bits per heavy atom. The van der Waals surface area contributed by atoms with Gasteiger partial charge in [0.05, 0.1) is 5.69 Å². The third-order valence-corrected chi connectivity index (χ3v) is 5.01. The average Bonchev–Trinajstić information content (AvgIpc) is 3.10. The fraction of sp³-hybridized carbons (Fsp3) is 0.235. The number of hydrogen-bond acceptors (Lipinski definition) is 7. The summed E-state index contributed by atoms with van der Waals surface area (Å²) < 4.78 is 0. The number of nitrogens with zero attached hydrogens (tertiary/aromatic N) is 3. The van der Waals surface area contributed by atoms with Crippen LogP contribution >= 0.6 is 23.1 Å². The lowest BCUT2D eigenvalue weighted by Crippen LogP contribution is -2.20. The van der Waals surface area contributed by atoms with Crippen LogP contribution in [0.15, 0.2) is 39.7 Å². The molecule has 0 unspecified atom stereocenters. The van der Waals surface area contributed by atoms with Crippen LogP contribution in [0, 0.1) is 6.92 Å². The molecule has 0 aliphatic carbocycles. The van der Waals surface area contributed by atoms with E-state index in [1.54, 1.807) is 13.1 Å². The van der Waals surface area contributed by atoms with Crippen molar-refractivity contribution in [3.8, 4) is 11.4 Å². The molecule has 0 aromatic carbocycles. The van der Waals surface area contributed by atoms with Crippen LogP contribution in [0.3, 0.4) is 0 Å². The first-order chi connectivity index (χ1) is 12.6. The van der Waals surface area contributed by atoms with Crippen molar-refractivity contribution in [2.75, 3.05) is 11.6 Å². The van der Waals surface area contributed by atoms with Gasteiger partial charge in [-0.15, -0.1) is 11.3 Å². The number of H-pyrrole nitrogens is 1. The number of aromatic amines is 1. The minimum Gasteiger partial charge on any atom is -0.302 e. The summed E-state index contributed by atoms with van der Waals surface area (Å²) in [6, 6.07) is 5.58. The fourth-order valence-corrected chi connectivity index (χ4v) is 3.50. The molecule has 0 saturated heterocycles. The van der Waals surface area contributed by atoms with Gasteiger partial charge in [0.25, 0.3) is 5.56 Å². The summed E-state index contributed by atoms with van der Waals surface area (Å²) in [7, 11) is 0. The molecule has 3 aromatic rings. The highest BCUT2D eigenvalue weighted by molar-refractivity contribution is 7.98. The quantitative estimate of drug-likeness (QED) is 0.498. The number of amides is 1. The zero-order chi connectivity index (χ0) is 18.5. The van der Waals surface area contributed by atoms with Crippen LogP contribution < -0.4 is 10.9 Å². The van der Waals surface area contributed by atoms with Crippen molar-refractivity contribution in [1.82, 2.24) is 19.9 Å². The lowest BCUT2D eigenvalue weighted by molar-refractivity contribution is -0.116. The zero-order valence-electron chi connectivity index (χ0n) is 14.3. The molecule has 0 saturated carbocycles. The number of thiazole rings is 1. The molecular formula is C17H17N5O2S2. The predicted molar refractivity (Wildman–Crippen MR) is 104 cm³/mol. The van der Waals surface area contributed by atoms with Gasteiger partial charge in [-0.05, 0) is 31.7 Å². The van der Waals surface area contributed by atoms with Gasteiger partial charge in [0, 0.05) is 29.3 Å². The summed E-state index contributed by atoms with van der Waals surface area (Å²) in [6.07, 6.45) is 4.05. The zero-order valence-corrected chi connectivity index (χ0v) is 15.9. The first kappa shape index (κ1) is 18.3. The summed E-state index contributed by atoms with van der Waals surface area (Å²) in [4.78, 5) is 39.9. The van der Waals surface area contributed by atoms with Crippen LogP contribution in [0.5, 0.6) is 0 Å². The Morgan fingerprint density at radius 1 is 1.31 bits per heavy atom. The van der Waals surface area contributed by atoms with Gasteiger partial charge in [-0.1, -0.05) is 17.8 Å². The third kappa shape index (κ3) is 4.36. The molecule has 3 rings (SSSR count). The Balaban J connectivity index is 1.62. The lowest BCUT2D eigenvalue weighted by atomic mass is 10.1. The second-order valence-corrected chi connectivity index (χ2v) is 7.09. The number of thioether (sulfide) groups is 1. The van der Waals surface area contributed by atoms with Gasteiger partial charge >= 0.3 is 0 Å². The Bertz CT molecular complexity index is 969. The molecule has 0 radical (unpaired) electrons. The van der Waals surface area contributed by atoms with E-state index in [1.165, 1.54) is 23.1 Å². The van der Waals surface area contributed by atoms with Crippen molar-refractivity contribution >= 4 is 34.1 Å². The van der Waals surface area contributed by atoms with E-state index in [0.29, 0.717) is 28.0 Å². The van der Waals surface area contributed by atoms with Crippen LogP contribution in [0.25, 0.3) is 11.4 Å². The molecule has 3 aromatic heterocycles. The molecule has 0 atom stereocenters. The number of aryl methyl sites for hydroxylation is 1. The number of hydrogen-bond donors (Lipinski definition) is 2. The number of aromatic nitrogens is 4. The maximum atomic E-state index is 12.2. The first-order valence-corrected chi connectivity index (χ1v) is 9.98. The molecule has 7 nitrogen and oxygen atoms in total. The van der Waals surface area contributed by atoms with E-state index in [9.17, 15) is 9.59 Å². The maximum absolute atomic E-state index is 12.2. The molecule has 2 N–H and O–H groups in total. The molecular weight excluding hydrogens is 370 g/mol. The number of rotatable bonds is 6. The summed E-state index contributed by atoms with van der Waals surface area (Å²) in [5.41, 5.74) is 2.46. The van der Waals surface area contributed by atoms with Gasteiger partial charge in [0.1, 0.15) is 5.69 Å². The van der Waals surface area contributed by atoms with Crippen molar-refractivity contribution in [1.29, 1.82) is 0 Å². The van der Waals surface area contributed by atoms with Crippen molar-refractivity contribution in [3.63, 3.8) is 0 Å². The standard InChI is InChI=1S/C17H17N5O2S2/c1-10-11(15(24)22-16(19-10)25-2)6-7-14(23)21-17-20-13(9-26-17)12-5-3-4-8-18-12/h3-5,8-9H,6-7H2,1-2H3,(H,19,22,24)(H,20,21,23). The molecule has 134 valence electrons. The smallest absolute Gasteiger partial charge is 0.254 e. The van der Waals surface area contributed by atoms with Gasteiger partial charge in [-0.2, -0.15) is 0 Å². The highest BCUT2D eigenvalue weighted by Crippen LogP contribution is 2.23. The topological polar surface area (TPSA) is 101 Å². The SMILES string of the molecule is CSc1nc(C)c(CCC(=O)Nc2nc(-c3ccccn3)cs2)c(=O)[nH]1. The summed E-state index contributed by atoms with van der Waals surface area (Å²) in [5.74, 6) is -0.195. The van der Waals surface area contributed by atoms with Gasteiger partial charge in [-0.25, -0.2) is 9.97 Å². The van der Waals surface area contributed by atoms with Gasteiger partial charge in [0.15, 0.2) is 10.3 Å². The molecule has 0 bridgehead atoms. The van der Waals surface area contributed by atoms with Crippen LogP contribution in [0.2, 0.25) is 0 Å². The van der Waals surface area contributed by atoms with E-state index in [1.807, 2.05) is 29.8 Å². The second kappa shape index (κ2) is 8.24. The minimum atomic E-state index is -0.195. The molecule has 1 amide bonds. The van der Waals surface area contributed by atoms with Gasteiger partial charge in [-0.3, -0.25) is 14.6 Å². The Morgan fingerprint density at radius 2 is 2.15 bits per heavy atom. The normalized spacial score (nSPS) is 10.7. The summed E-state index contributed by atoms with van der Waals surface area (Å²) >= 11 is 2.71. The number of nitrogens with one attached hydrogen (secondary N) is 2. The molecule has 26 heavy (non-hydrogen) atoms. The Hall–Kier alpha value is -2.52. The summed E-state index contributed by atoms with van der Waals surface area (Å²) in [5, 5.41) is 5.70. The number of pyridine rings is 1. The monoisotopic (exact) mass is 387 g/mol. The maximum Gasteiger partial charge on any atom is 0.254 e. The van der Waals surface area contributed by atoms with Crippen LogP contribution in [0.4, 0.5) is 5.13 Å². The van der Waals surface area contributed by atoms with Crippen LogP contribution in [-0.4, -0.2) is 32.1 Å². The highest BCUT2D eigenvalue weighted by atomic mass is 32.2. The van der Waals surface area contributed by atoms with E-state index >= 15 is 0 Å². The number of carbonyl (C=O) groups is 1. The fourth-order valence-electron chi connectivity index (χ4n) is 2.36. The van der Waals surface area contributed by atoms with E-state index in [2.05, 4.69) is 25.3 Å². The molecule has 0 fully saturated rings. The first-order valence-electron chi connectivity index (χ1n) is 7.87. The minimum absolute atomic E-state index is 0.183. The van der Waals surface area contributed by atoms with Crippen molar-refractivity contribution in [2.24, 2.45) is 0 Å². The lowest BCUT2D eigenvalue weighted by Gasteiger charge is -2.06. The van der Waals surface area contributed by atoms with E-state index in [0.717, 1.165) is 11.4 Å².